The Kier molecular flexibility index (Phi) is 10.9. The van der Waals surface area contributed by atoms with E-state index in [4.69, 9.17) is 9.47 Å². The number of fused-ring (bicyclic) bond motifs is 1. The van der Waals surface area contributed by atoms with Crippen molar-refractivity contribution >= 4 is 80.2 Å². The Morgan fingerprint density at radius 3 is 2.15 bits per heavy atom. The van der Waals surface area contributed by atoms with Gasteiger partial charge in [-0.05, 0) is 6.07 Å². The molecule has 52 heavy (non-hydrogen) atoms. The molecule has 5 rings (SSSR count). The number of ether oxygens (including phenoxy) is 2. The minimum atomic E-state index is -5.52. The number of nitrogens with one attached hydrogen (secondary N) is 1. The number of benzene rings is 3. The third-order valence-corrected chi connectivity index (χ3v) is 12.6. The topological polar surface area (TPSA) is 335 Å². The molecule has 28 heteroatoms. The van der Waals surface area contributed by atoms with Crippen LogP contribution in [-0.2, 0) is 45.2 Å². The van der Waals surface area contributed by atoms with E-state index >= 15 is 0 Å². The summed E-state index contributed by atoms with van der Waals surface area (Å²) in [6.45, 7) is 0.589. The van der Waals surface area contributed by atoms with E-state index in [0.29, 0.717) is 40.5 Å². The molecule has 0 radical (unpaired) electrons. The second kappa shape index (κ2) is 14.4. The average molecular weight is 923 g/mol. The number of phenolic OH excluding ortho intramolecular Hbond substituents is 1. The van der Waals surface area contributed by atoms with Crippen LogP contribution in [0.5, 0.6) is 11.5 Å². The van der Waals surface area contributed by atoms with Crippen LogP contribution in [0.2, 0.25) is 0 Å². The molecule has 0 amide bonds. The molecule has 0 spiro atoms. The van der Waals surface area contributed by atoms with E-state index < -0.39 is 133 Å². The van der Waals surface area contributed by atoms with Crippen molar-refractivity contribution in [3.63, 3.8) is 0 Å². The zero-order chi connectivity index (χ0) is 38.4. The van der Waals surface area contributed by atoms with E-state index in [1.165, 1.54) is 0 Å². The fraction of sp³-hybridized carbons (Fsp3) is 0.208. The number of hydrogen-bond acceptors (Lipinski definition) is 18. The number of rotatable bonds is 10. The fourth-order valence-electron chi connectivity index (χ4n) is 4.63. The minimum absolute atomic E-state index is 0.131. The molecule has 1 aliphatic rings. The van der Waals surface area contributed by atoms with Gasteiger partial charge in [0.15, 0.2) is 0 Å². The number of halogens is 2. The van der Waals surface area contributed by atoms with E-state index in [1.807, 2.05) is 0 Å². The van der Waals surface area contributed by atoms with Gasteiger partial charge >= 0.3 is 190 Å². The van der Waals surface area contributed by atoms with Gasteiger partial charge in [-0.3, -0.25) is 13.7 Å². The van der Waals surface area contributed by atoms with Crippen molar-refractivity contribution in [1.82, 2.24) is 15.0 Å². The molecular formula is C24H22FIN7O15S4-. The first kappa shape index (κ1) is 39.2. The van der Waals surface area contributed by atoms with Crippen molar-refractivity contribution in [2.75, 3.05) is 39.6 Å². The van der Waals surface area contributed by atoms with Crippen LogP contribution in [0, 0.1) is 6.08 Å². The summed E-state index contributed by atoms with van der Waals surface area (Å²) in [4.78, 5) is 8.07. The normalized spacial score (nSPS) is 15.0. The predicted octanol–water partition coefficient (Wildman–Crippen LogP) is -1.14. The number of aromatic hydroxyl groups is 1. The second-order valence-electron chi connectivity index (χ2n) is 10.1. The van der Waals surface area contributed by atoms with Gasteiger partial charge in [-0.15, -0.1) is 10.2 Å². The van der Waals surface area contributed by atoms with Crippen LogP contribution < -0.4 is 36.2 Å². The fourth-order valence-corrected chi connectivity index (χ4v) is 9.45. The number of aromatic nitrogens is 3. The smallest absolute Gasteiger partial charge is 0.282 e. The third kappa shape index (κ3) is 8.44. The summed E-state index contributed by atoms with van der Waals surface area (Å²) in [6.07, 6.45) is -1.27. The summed E-state index contributed by atoms with van der Waals surface area (Å²) in [7, 11) is -20.5. The predicted molar refractivity (Wildman–Crippen MR) is 168 cm³/mol. The molecule has 282 valence electrons. The van der Waals surface area contributed by atoms with Crippen molar-refractivity contribution in [2.45, 2.75) is 19.6 Å². The summed E-state index contributed by atoms with van der Waals surface area (Å²) < 4.78 is 164. The quantitative estimate of drug-likeness (QED) is 0.0360. The van der Waals surface area contributed by atoms with Gasteiger partial charge in [-0.2, -0.15) is 25.3 Å². The number of phenols is 1. The molecule has 1 fully saturated rings. The summed E-state index contributed by atoms with van der Waals surface area (Å²) in [5.41, 5.74) is -2.83. The van der Waals surface area contributed by atoms with Gasteiger partial charge in [-0.1, -0.05) is 0 Å². The summed E-state index contributed by atoms with van der Waals surface area (Å²) in [6, 6.07) is 3.09. The van der Waals surface area contributed by atoms with Gasteiger partial charge in [0.05, 0.1) is 7.11 Å². The van der Waals surface area contributed by atoms with Gasteiger partial charge in [0, 0.05) is 6.07 Å². The van der Waals surface area contributed by atoms with E-state index in [2.05, 4.69) is 30.5 Å². The molecule has 0 bridgehead atoms. The molecule has 0 aliphatic carbocycles. The Morgan fingerprint density at radius 1 is 0.865 bits per heavy atom. The average Bonchev–Trinajstić information content (AvgIpc) is 3.31. The molecule has 0 saturated carbocycles. The van der Waals surface area contributed by atoms with Gasteiger partial charge in [0.25, 0.3) is 20.2 Å². The number of hydrogen-bond donors (Lipinski definition) is 6. The molecule has 0 unspecified atom stereocenters. The van der Waals surface area contributed by atoms with Crippen LogP contribution in [0.4, 0.5) is 33.3 Å². The zero-order valence-electron chi connectivity index (χ0n) is 25.6. The number of alkyl halides is 2. The van der Waals surface area contributed by atoms with Crippen LogP contribution in [0.15, 0.2) is 60.1 Å². The first-order valence-electron chi connectivity index (χ1n) is 13.5. The van der Waals surface area contributed by atoms with Gasteiger partial charge in [0.1, 0.15) is 21.2 Å². The third-order valence-electron chi connectivity index (χ3n) is 6.79. The van der Waals surface area contributed by atoms with Crippen LogP contribution >= 0.6 is 0 Å². The van der Waals surface area contributed by atoms with Gasteiger partial charge in [0.2, 0.25) is 0 Å². The van der Waals surface area contributed by atoms with E-state index in [-0.39, 0.29) is 5.95 Å². The molecule has 2 heterocycles. The number of azo groups is 1. The number of methoxy groups -OCH3 is 1. The Bertz CT molecular complexity index is 2590. The first-order chi connectivity index (χ1) is 24.1. The monoisotopic (exact) mass is 922 g/mol. The van der Waals surface area contributed by atoms with Crippen LogP contribution in [0.25, 0.3) is 10.8 Å². The zero-order valence-corrected chi connectivity index (χ0v) is 31.0. The summed E-state index contributed by atoms with van der Waals surface area (Å²) in [5.74, 6) is -2.72. The van der Waals surface area contributed by atoms with E-state index in [9.17, 15) is 61.4 Å². The van der Waals surface area contributed by atoms with E-state index in [0.717, 1.165) is 19.2 Å². The van der Waals surface area contributed by atoms with Gasteiger partial charge < -0.3 is 4.74 Å². The summed E-state index contributed by atoms with van der Waals surface area (Å²) >= 11 is -0.477. The Hall–Kier alpha value is -4.01. The number of anilines is 3. The Balaban J connectivity index is 1.71. The Morgan fingerprint density at radius 2 is 1.54 bits per heavy atom. The van der Waals surface area contributed by atoms with Crippen molar-refractivity contribution < 1.29 is 92.1 Å². The van der Waals surface area contributed by atoms with Crippen molar-refractivity contribution in [2.24, 2.45) is 10.2 Å². The first-order valence-corrected chi connectivity index (χ1v) is 22.3. The molecule has 4 aromatic rings. The molecular weight excluding hydrogens is 900 g/mol. The van der Waals surface area contributed by atoms with Crippen LogP contribution in [-0.4, -0.2) is 101 Å². The molecule has 1 aliphatic heterocycles. The van der Waals surface area contributed by atoms with Crippen molar-refractivity contribution in [3.8, 4) is 11.5 Å². The second-order valence-corrected chi connectivity index (χ2v) is 18.0. The van der Waals surface area contributed by atoms with Crippen molar-refractivity contribution in [1.29, 1.82) is 0 Å². The maximum absolute atomic E-state index is 14.5. The van der Waals surface area contributed by atoms with Crippen molar-refractivity contribution in [3.05, 3.63) is 36.4 Å². The minimum Gasteiger partial charge on any atom is -0.282 e. The molecule has 22 nitrogen and oxygen atoms in total. The molecule has 1 saturated heterocycles. The standard InChI is InChI=1S/C24H22FIN7O15S4/c1-47-15-8-16(49(35,36)37)14(7-17(15)50(38,39)40)31-32-19-18(51(41,42)43)6-12-11(20(19)34)2-3-13(21(12)52(44,45)46)27-23-28-22(25)29-24(30-23)33-4-5-48-10-26-9-33/h2-3,6-8,34H,4-5,9-10H2,1H3,(H,35,36,37)(H,38,39,40)(H,41,42,43)(H,44,45,46)(H,27,28,29,30)/q-1. The van der Waals surface area contributed by atoms with E-state index in [1.54, 1.807) is 4.90 Å². The van der Waals surface area contributed by atoms with Gasteiger partial charge in [-0.25, -0.2) is 0 Å². The molecule has 6 N–H and O–H groups in total. The maximum atomic E-state index is 14.5. The Labute approximate surface area is 303 Å². The van der Waals surface area contributed by atoms with Crippen LogP contribution in [0.3, 0.4) is 0 Å². The SMILES string of the molecule is COc1cc(S(=O)(=O)O)c(N=Nc2c(S(=O)(=O)O)cc3c(S(=O)(=O)O)c(Nc4nc(F)nc(N5CCOC[I-]C5)n4)ccc3c2O)cc1S(=O)(=O)O. The summed E-state index contributed by atoms with van der Waals surface area (Å²) in [5, 5.41) is 19.0. The molecule has 1 aromatic heterocycles. The molecule has 3 aromatic carbocycles. The molecule has 0 atom stereocenters. The van der Waals surface area contributed by atoms with Crippen LogP contribution in [0.1, 0.15) is 0 Å². The number of nitrogens with zero attached hydrogens (tertiary/aromatic N) is 6.